The Morgan fingerprint density at radius 3 is 2.59 bits per heavy atom. The van der Waals surface area contributed by atoms with E-state index >= 15 is 0 Å². The minimum atomic E-state index is -0.0618. The number of benzene rings is 2. The van der Waals surface area contributed by atoms with Crippen molar-refractivity contribution in [3.05, 3.63) is 74.1 Å². The van der Waals surface area contributed by atoms with Crippen molar-refractivity contribution in [2.45, 2.75) is 46.1 Å². The van der Waals surface area contributed by atoms with E-state index in [1.807, 2.05) is 56.3 Å². The Balaban J connectivity index is 1.65. The fourth-order valence-electron chi connectivity index (χ4n) is 4.07. The summed E-state index contributed by atoms with van der Waals surface area (Å²) in [6, 6.07) is 13.8. The van der Waals surface area contributed by atoms with Gasteiger partial charge < -0.3 is 14.8 Å². The number of hydrogen-bond acceptors (Lipinski definition) is 5. The number of amides is 1. The molecule has 2 aromatic carbocycles. The summed E-state index contributed by atoms with van der Waals surface area (Å²) in [5, 5.41) is 3.85. The van der Waals surface area contributed by atoms with Crippen LogP contribution in [-0.2, 0) is 19.4 Å². The third-order valence-corrected chi connectivity index (χ3v) is 7.48. The van der Waals surface area contributed by atoms with Gasteiger partial charge in [0.15, 0.2) is 0 Å². The van der Waals surface area contributed by atoms with Gasteiger partial charge in [-0.2, -0.15) is 0 Å². The SMILES string of the molecule is CCOc1cc(OCC)c(C=Nc2sc3c(c2C(=O)NCc2ccccc2)CCCC3)cc1Br. The lowest BCUT2D eigenvalue weighted by Gasteiger charge is -2.13. The lowest BCUT2D eigenvalue weighted by atomic mass is 9.95. The highest BCUT2D eigenvalue weighted by Gasteiger charge is 2.25. The molecule has 5 nitrogen and oxygen atoms in total. The molecule has 1 amide bonds. The van der Waals surface area contributed by atoms with E-state index in [4.69, 9.17) is 14.5 Å². The molecule has 1 aliphatic rings. The van der Waals surface area contributed by atoms with E-state index in [9.17, 15) is 4.79 Å². The van der Waals surface area contributed by atoms with E-state index in [2.05, 4.69) is 21.2 Å². The molecule has 0 atom stereocenters. The summed E-state index contributed by atoms with van der Waals surface area (Å²) in [6.07, 6.45) is 5.98. The van der Waals surface area contributed by atoms with E-state index in [-0.39, 0.29) is 5.91 Å². The van der Waals surface area contributed by atoms with E-state index in [1.165, 1.54) is 4.88 Å². The van der Waals surface area contributed by atoms with Crippen molar-refractivity contribution in [2.75, 3.05) is 13.2 Å². The highest BCUT2D eigenvalue weighted by atomic mass is 79.9. The topological polar surface area (TPSA) is 59.9 Å². The molecular formula is C27H29BrN2O3S. The number of thiophene rings is 1. The Labute approximate surface area is 213 Å². The molecule has 0 saturated carbocycles. The monoisotopic (exact) mass is 540 g/mol. The molecule has 1 heterocycles. The maximum atomic E-state index is 13.3. The first-order valence-corrected chi connectivity index (χ1v) is 13.3. The first-order valence-electron chi connectivity index (χ1n) is 11.7. The first kappa shape index (κ1) is 24.5. The molecule has 0 bridgehead atoms. The van der Waals surface area contributed by atoms with Crippen LogP contribution in [0.5, 0.6) is 11.5 Å². The van der Waals surface area contributed by atoms with Crippen molar-refractivity contribution in [1.29, 1.82) is 0 Å². The van der Waals surface area contributed by atoms with E-state index < -0.39 is 0 Å². The number of nitrogens with one attached hydrogen (secondary N) is 1. The lowest BCUT2D eigenvalue weighted by Crippen LogP contribution is -2.24. The summed E-state index contributed by atoms with van der Waals surface area (Å²) < 4.78 is 12.4. The number of fused-ring (bicyclic) bond motifs is 1. The van der Waals surface area contributed by atoms with Gasteiger partial charge in [0.1, 0.15) is 16.5 Å². The highest BCUT2D eigenvalue weighted by Crippen LogP contribution is 2.40. The normalized spacial score (nSPS) is 13.0. The fraction of sp³-hybridized carbons (Fsp3) is 0.333. The number of carbonyl (C=O) groups is 1. The predicted octanol–water partition coefficient (Wildman–Crippen LogP) is 6.87. The second-order valence-corrected chi connectivity index (χ2v) is 9.94. The van der Waals surface area contributed by atoms with Crippen LogP contribution >= 0.6 is 27.3 Å². The van der Waals surface area contributed by atoms with Gasteiger partial charge in [-0.05, 0) is 72.7 Å². The van der Waals surface area contributed by atoms with Gasteiger partial charge in [0.05, 0.1) is 23.2 Å². The smallest absolute Gasteiger partial charge is 0.254 e. The Kier molecular flexibility index (Phi) is 8.40. The standard InChI is InChI=1S/C27H29BrN2O3S/c1-3-32-22-15-23(33-4-2)21(28)14-19(22)17-30-27-25(20-12-8-9-13-24(20)34-27)26(31)29-16-18-10-6-5-7-11-18/h5-7,10-11,14-15,17H,3-4,8-9,12-13,16H2,1-2H3,(H,29,31). The van der Waals surface area contributed by atoms with E-state index in [0.29, 0.717) is 25.5 Å². The maximum absolute atomic E-state index is 13.3. The molecule has 0 spiro atoms. The Morgan fingerprint density at radius 1 is 1.09 bits per heavy atom. The molecular weight excluding hydrogens is 512 g/mol. The average molecular weight is 542 g/mol. The van der Waals surface area contributed by atoms with Crippen molar-refractivity contribution >= 4 is 44.4 Å². The van der Waals surface area contributed by atoms with Gasteiger partial charge in [-0.1, -0.05) is 30.3 Å². The number of ether oxygens (including phenoxy) is 2. The van der Waals surface area contributed by atoms with Gasteiger partial charge in [0, 0.05) is 29.3 Å². The molecule has 1 aliphatic carbocycles. The van der Waals surface area contributed by atoms with Gasteiger partial charge in [-0.3, -0.25) is 4.79 Å². The second-order valence-electron chi connectivity index (χ2n) is 8.00. The summed E-state index contributed by atoms with van der Waals surface area (Å²) in [7, 11) is 0. The van der Waals surface area contributed by atoms with Gasteiger partial charge in [0.25, 0.3) is 5.91 Å². The highest BCUT2D eigenvalue weighted by molar-refractivity contribution is 9.10. The Hall–Kier alpha value is -2.64. The second kappa shape index (κ2) is 11.7. The molecule has 0 radical (unpaired) electrons. The third kappa shape index (κ3) is 5.70. The van der Waals surface area contributed by atoms with Crippen LogP contribution in [0.15, 0.2) is 51.9 Å². The molecule has 0 unspecified atom stereocenters. The first-order chi connectivity index (χ1) is 16.6. The largest absolute Gasteiger partial charge is 0.493 e. The molecule has 1 N–H and O–H groups in total. The number of carbonyl (C=O) groups excluding carboxylic acids is 1. The lowest BCUT2D eigenvalue weighted by molar-refractivity contribution is 0.0951. The summed E-state index contributed by atoms with van der Waals surface area (Å²) in [6.45, 7) is 5.50. The molecule has 178 valence electrons. The number of rotatable bonds is 9. The molecule has 3 aromatic rings. The number of nitrogens with zero attached hydrogens (tertiary/aromatic N) is 1. The summed E-state index contributed by atoms with van der Waals surface area (Å²) in [4.78, 5) is 19.4. The van der Waals surface area contributed by atoms with Gasteiger partial charge in [-0.15, -0.1) is 11.3 Å². The van der Waals surface area contributed by atoms with Crippen molar-refractivity contribution in [1.82, 2.24) is 5.32 Å². The van der Waals surface area contributed by atoms with Crippen molar-refractivity contribution in [2.24, 2.45) is 4.99 Å². The predicted molar refractivity (Wildman–Crippen MR) is 142 cm³/mol. The molecule has 0 fully saturated rings. The third-order valence-electron chi connectivity index (χ3n) is 5.66. The minimum absolute atomic E-state index is 0.0618. The maximum Gasteiger partial charge on any atom is 0.254 e. The van der Waals surface area contributed by atoms with Crippen LogP contribution in [0.25, 0.3) is 0 Å². The molecule has 34 heavy (non-hydrogen) atoms. The van der Waals surface area contributed by atoms with Gasteiger partial charge >= 0.3 is 0 Å². The zero-order chi connectivity index (χ0) is 23.9. The minimum Gasteiger partial charge on any atom is -0.493 e. The number of hydrogen-bond donors (Lipinski definition) is 1. The van der Waals surface area contributed by atoms with Crippen LogP contribution in [0.1, 0.15) is 58.6 Å². The van der Waals surface area contributed by atoms with Gasteiger partial charge in [-0.25, -0.2) is 4.99 Å². The van der Waals surface area contributed by atoms with E-state index in [0.717, 1.165) is 63.2 Å². The van der Waals surface area contributed by atoms with Crippen LogP contribution in [0.3, 0.4) is 0 Å². The number of aryl methyl sites for hydroxylation is 1. The summed E-state index contributed by atoms with van der Waals surface area (Å²) in [5.41, 5.74) is 3.78. The van der Waals surface area contributed by atoms with E-state index in [1.54, 1.807) is 17.6 Å². The van der Waals surface area contributed by atoms with Crippen LogP contribution in [0.4, 0.5) is 5.00 Å². The van der Waals surface area contributed by atoms with Crippen LogP contribution in [0.2, 0.25) is 0 Å². The summed E-state index contributed by atoms with van der Waals surface area (Å²) >= 11 is 5.21. The Bertz CT molecular complexity index is 1170. The molecule has 7 heteroatoms. The zero-order valence-electron chi connectivity index (χ0n) is 19.5. The van der Waals surface area contributed by atoms with Crippen molar-refractivity contribution < 1.29 is 14.3 Å². The number of halogens is 1. The fourth-order valence-corrected chi connectivity index (χ4v) is 5.77. The van der Waals surface area contributed by atoms with Crippen LogP contribution < -0.4 is 14.8 Å². The van der Waals surface area contributed by atoms with Gasteiger partial charge in [0.2, 0.25) is 0 Å². The van der Waals surface area contributed by atoms with Crippen LogP contribution in [-0.4, -0.2) is 25.3 Å². The van der Waals surface area contributed by atoms with Crippen LogP contribution in [0, 0.1) is 0 Å². The summed E-state index contributed by atoms with van der Waals surface area (Å²) in [5.74, 6) is 1.37. The zero-order valence-corrected chi connectivity index (χ0v) is 21.9. The molecule has 0 saturated heterocycles. The quantitative estimate of drug-likeness (QED) is 0.301. The van der Waals surface area contributed by atoms with Crippen molar-refractivity contribution in [3.63, 3.8) is 0 Å². The molecule has 0 aliphatic heterocycles. The average Bonchev–Trinajstić information content (AvgIpc) is 3.23. The Morgan fingerprint density at radius 2 is 1.82 bits per heavy atom. The molecule has 1 aromatic heterocycles. The number of aliphatic imine (C=N–C) groups is 1. The van der Waals surface area contributed by atoms with Crippen molar-refractivity contribution in [3.8, 4) is 11.5 Å². The molecule has 4 rings (SSSR count).